The molecule has 1 aromatic heterocycles. The Labute approximate surface area is 150 Å². The third-order valence-electron chi connectivity index (χ3n) is 4.89. The average Bonchev–Trinajstić information content (AvgIpc) is 3.35. The minimum absolute atomic E-state index is 0.560. The Balaban J connectivity index is 1.47. The van der Waals surface area contributed by atoms with Crippen molar-refractivity contribution in [2.75, 3.05) is 26.2 Å². The zero-order chi connectivity index (χ0) is 16.9. The van der Waals surface area contributed by atoms with Crippen LogP contribution >= 0.6 is 11.3 Å². The number of aryl methyl sites for hydroxylation is 2. The molecule has 3 rings (SSSR count). The van der Waals surface area contributed by atoms with Gasteiger partial charge in [-0.05, 0) is 46.5 Å². The second-order valence-electron chi connectivity index (χ2n) is 6.94. The third-order valence-corrected chi connectivity index (χ3v) is 6.02. The lowest BCUT2D eigenvalue weighted by atomic mass is 10.1. The first-order valence-electron chi connectivity index (χ1n) is 9.37. The van der Waals surface area contributed by atoms with E-state index in [0.29, 0.717) is 6.04 Å². The number of thiazole rings is 1. The van der Waals surface area contributed by atoms with Crippen molar-refractivity contribution in [1.29, 1.82) is 0 Å². The number of piperidine rings is 1. The van der Waals surface area contributed by atoms with Gasteiger partial charge < -0.3 is 15.5 Å². The van der Waals surface area contributed by atoms with Crippen LogP contribution in [0.3, 0.4) is 0 Å². The molecule has 0 spiro atoms. The fourth-order valence-corrected chi connectivity index (χ4v) is 4.36. The summed E-state index contributed by atoms with van der Waals surface area (Å²) in [5, 5.41) is 8.19. The summed E-state index contributed by atoms with van der Waals surface area (Å²) in [5.41, 5.74) is 1.16. The minimum Gasteiger partial charge on any atom is -0.357 e. The molecular weight excluding hydrogens is 318 g/mol. The van der Waals surface area contributed by atoms with Gasteiger partial charge in [-0.2, -0.15) is 0 Å². The summed E-state index contributed by atoms with van der Waals surface area (Å²) in [7, 11) is 0. The highest BCUT2D eigenvalue weighted by atomic mass is 32.1. The summed E-state index contributed by atoms with van der Waals surface area (Å²) in [6.45, 7) is 10.5. The van der Waals surface area contributed by atoms with Crippen molar-refractivity contribution < 1.29 is 0 Å². The molecule has 1 saturated heterocycles. The van der Waals surface area contributed by atoms with Crippen LogP contribution in [-0.2, 0) is 6.42 Å². The molecule has 1 aliphatic carbocycles. The number of hydrogen-bond acceptors (Lipinski definition) is 4. The number of aromatic nitrogens is 1. The first kappa shape index (κ1) is 17.7. The molecule has 24 heavy (non-hydrogen) atoms. The van der Waals surface area contributed by atoms with Crippen molar-refractivity contribution >= 4 is 17.3 Å². The molecular formula is C18H31N5S. The van der Waals surface area contributed by atoms with Gasteiger partial charge in [0.25, 0.3) is 0 Å². The highest BCUT2D eigenvalue weighted by molar-refractivity contribution is 7.11. The van der Waals surface area contributed by atoms with E-state index in [-0.39, 0.29) is 0 Å². The van der Waals surface area contributed by atoms with Crippen LogP contribution in [0.15, 0.2) is 4.99 Å². The van der Waals surface area contributed by atoms with Gasteiger partial charge in [0, 0.05) is 49.6 Å². The maximum Gasteiger partial charge on any atom is 0.191 e. The summed E-state index contributed by atoms with van der Waals surface area (Å²) in [6.07, 6.45) is 6.27. The highest BCUT2D eigenvalue weighted by Crippen LogP contribution is 2.29. The van der Waals surface area contributed by atoms with E-state index in [1.165, 1.54) is 43.6 Å². The number of rotatable bonds is 6. The highest BCUT2D eigenvalue weighted by Gasteiger charge is 2.31. The summed E-state index contributed by atoms with van der Waals surface area (Å²) in [5.74, 6) is 0.973. The van der Waals surface area contributed by atoms with Crippen molar-refractivity contribution in [3.63, 3.8) is 0 Å². The van der Waals surface area contributed by atoms with Crippen LogP contribution in [0.4, 0.5) is 0 Å². The third kappa shape index (κ3) is 4.93. The summed E-state index contributed by atoms with van der Waals surface area (Å²) >= 11 is 1.80. The van der Waals surface area contributed by atoms with Crippen LogP contribution in [0.2, 0.25) is 0 Å². The molecule has 0 atom stereocenters. The van der Waals surface area contributed by atoms with Crippen LogP contribution in [-0.4, -0.2) is 54.1 Å². The number of nitrogens with zero attached hydrogens (tertiary/aromatic N) is 3. The zero-order valence-electron chi connectivity index (χ0n) is 15.3. The van der Waals surface area contributed by atoms with Crippen LogP contribution < -0.4 is 10.6 Å². The van der Waals surface area contributed by atoms with Crippen LogP contribution in [0.25, 0.3) is 0 Å². The quantitative estimate of drug-likeness (QED) is 0.612. The van der Waals surface area contributed by atoms with E-state index in [4.69, 9.17) is 4.99 Å². The Bertz CT molecular complexity index is 556. The van der Waals surface area contributed by atoms with Gasteiger partial charge in [-0.25, -0.2) is 4.98 Å². The molecule has 0 aromatic carbocycles. The van der Waals surface area contributed by atoms with E-state index in [2.05, 4.69) is 41.3 Å². The topological polar surface area (TPSA) is 52.6 Å². The zero-order valence-corrected chi connectivity index (χ0v) is 16.1. The largest absolute Gasteiger partial charge is 0.357 e. The van der Waals surface area contributed by atoms with Crippen LogP contribution in [0, 0.1) is 13.8 Å². The second-order valence-corrected chi connectivity index (χ2v) is 8.23. The molecule has 1 aliphatic heterocycles. The Morgan fingerprint density at radius 1 is 1.25 bits per heavy atom. The molecule has 2 aliphatic rings. The van der Waals surface area contributed by atoms with Crippen LogP contribution in [0.1, 0.15) is 48.2 Å². The van der Waals surface area contributed by atoms with Crippen LogP contribution in [0.5, 0.6) is 0 Å². The summed E-state index contributed by atoms with van der Waals surface area (Å²) in [4.78, 5) is 13.3. The Kier molecular flexibility index (Phi) is 6.11. The molecule has 134 valence electrons. The van der Waals surface area contributed by atoms with Gasteiger partial charge in [-0.1, -0.05) is 0 Å². The predicted molar refractivity (Wildman–Crippen MR) is 102 cm³/mol. The van der Waals surface area contributed by atoms with Crippen molar-refractivity contribution in [2.45, 2.75) is 65.0 Å². The molecule has 2 fully saturated rings. The van der Waals surface area contributed by atoms with Gasteiger partial charge in [-0.3, -0.25) is 4.99 Å². The Hall–Kier alpha value is -1.14. The predicted octanol–water partition coefficient (Wildman–Crippen LogP) is 2.48. The molecule has 0 amide bonds. The van der Waals surface area contributed by atoms with E-state index in [1.807, 2.05) is 0 Å². The first-order valence-corrected chi connectivity index (χ1v) is 10.2. The summed E-state index contributed by atoms with van der Waals surface area (Å²) < 4.78 is 0. The van der Waals surface area contributed by atoms with E-state index in [1.54, 1.807) is 11.3 Å². The van der Waals surface area contributed by atoms with E-state index in [9.17, 15) is 0 Å². The lowest BCUT2D eigenvalue weighted by Gasteiger charge is -2.33. The van der Waals surface area contributed by atoms with Gasteiger partial charge in [0.1, 0.15) is 0 Å². The number of aliphatic imine (C=N–C) groups is 1. The normalized spacial score (nSPS) is 20.4. The molecule has 0 bridgehead atoms. The van der Waals surface area contributed by atoms with Gasteiger partial charge in [0.05, 0.1) is 10.7 Å². The molecule has 6 heteroatoms. The van der Waals surface area contributed by atoms with E-state index in [0.717, 1.165) is 42.2 Å². The number of nitrogens with one attached hydrogen (secondary N) is 2. The molecule has 5 nitrogen and oxygen atoms in total. The molecule has 2 N–H and O–H groups in total. The Morgan fingerprint density at radius 2 is 2.00 bits per heavy atom. The SMILES string of the molecule is CCNC(=NCCc1sc(C)nc1C)NC1CCN(C2CC2)CC1. The van der Waals surface area contributed by atoms with Crippen molar-refractivity contribution in [2.24, 2.45) is 4.99 Å². The van der Waals surface area contributed by atoms with Gasteiger partial charge >= 0.3 is 0 Å². The van der Waals surface area contributed by atoms with E-state index >= 15 is 0 Å². The number of guanidine groups is 1. The summed E-state index contributed by atoms with van der Waals surface area (Å²) in [6, 6.07) is 1.46. The lowest BCUT2D eigenvalue weighted by molar-refractivity contribution is 0.197. The average molecular weight is 350 g/mol. The van der Waals surface area contributed by atoms with Crippen molar-refractivity contribution in [3.8, 4) is 0 Å². The lowest BCUT2D eigenvalue weighted by Crippen LogP contribution is -2.49. The second kappa shape index (κ2) is 8.30. The fourth-order valence-electron chi connectivity index (χ4n) is 3.44. The van der Waals surface area contributed by atoms with Gasteiger partial charge in [0.15, 0.2) is 5.96 Å². The van der Waals surface area contributed by atoms with Gasteiger partial charge in [0.2, 0.25) is 0 Å². The minimum atomic E-state index is 0.560. The standard InChI is InChI=1S/C18H31N5S/c1-4-19-18(20-10-7-17-13(2)21-14(3)24-17)22-15-8-11-23(12-9-15)16-5-6-16/h15-16H,4-12H2,1-3H3,(H2,19,20,22). The smallest absolute Gasteiger partial charge is 0.191 e. The van der Waals surface area contributed by atoms with Crippen molar-refractivity contribution in [3.05, 3.63) is 15.6 Å². The Morgan fingerprint density at radius 3 is 2.58 bits per heavy atom. The number of hydrogen-bond donors (Lipinski definition) is 2. The number of likely N-dealkylation sites (tertiary alicyclic amines) is 1. The van der Waals surface area contributed by atoms with Crippen molar-refractivity contribution in [1.82, 2.24) is 20.5 Å². The fraction of sp³-hybridized carbons (Fsp3) is 0.778. The molecule has 1 saturated carbocycles. The maximum absolute atomic E-state index is 4.78. The molecule has 2 heterocycles. The first-order chi connectivity index (χ1) is 11.7. The molecule has 1 aromatic rings. The monoisotopic (exact) mass is 349 g/mol. The maximum atomic E-state index is 4.78. The van der Waals surface area contributed by atoms with E-state index < -0.39 is 0 Å². The molecule has 0 unspecified atom stereocenters. The van der Waals surface area contributed by atoms with Gasteiger partial charge in [-0.15, -0.1) is 11.3 Å². The molecule has 0 radical (unpaired) electrons.